The molecule has 0 spiro atoms. The van der Waals surface area contributed by atoms with Crippen LogP contribution in [0.1, 0.15) is 55.7 Å². The van der Waals surface area contributed by atoms with E-state index in [9.17, 15) is 9.59 Å². The normalized spacial score (nSPS) is 15.0. The summed E-state index contributed by atoms with van der Waals surface area (Å²) in [4.78, 5) is 27.9. The van der Waals surface area contributed by atoms with Crippen molar-refractivity contribution >= 4 is 50.9 Å². The molecule has 2 amide bonds. The Balaban J connectivity index is 1.78. The van der Waals surface area contributed by atoms with Crippen molar-refractivity contribution in [2.24, 2.45) is 0 Å². The minimum Gasteiger partial charge on any atom is -0.484 e. The quantitative estimate of drug-likeness (QED) is 0.389. The first-order chi connectivity index (χ1) is 16.2. The Morgan fingerprint density at radius 3 is 2.29 bits per heavy atom. The van der Waals surface area contributed by atoms with Gasteiger partial charge < -0.3 is 15.0 Å². The number of aryl methyl sites for hydroxylation is 2. The number of carbonyl (C=O) groups excluding carboxylic acids is 2. The van der Waals surface area contributed by atoms with Crippen LogP contribution in [0.4, 0.5) is 0 Å². The maximum Gasteiger partial charge on any atom is 0.261 e. The summed E-state index contributed by atoms with van der Waals surface area (Å²) >= 11 is 16.3. The van der Waals surface area contributed by atoms with Crippen molar-refractivity contribution in [3.63, 3.8) is 0 Å². The smallest absolute Gasteiger partial charge is 0.261 e. The second-order valence-corrected chi connectivity index (χ2v) is 10.5. The number of hydrogen-bond donors (Lipinski definition) is 1. The highest BCUT2D eigenvalue weighted by Crippen LogP contribution is 2.28. The Morgan fingerprint density at radius 2 is 1.71 bits per heavy atom. The van der Waals surface area contributed by atoms with Crippen molar-refractivity contribution in [2.45, 2.75) is 71.5 Å². The molecule has 0 aliphatic heterocycles. The minimum absolute atomic E-state index is 0.109. The molecule has 1 saturated carbocycles. The monoisotopic (exact) mass is 568 g/mol. The molecule has 0 unspecified atom stereocenters. The van der Waals surface area contributed by atoms with Gasteiger partial charge in [0.15, 0.2) is 6.61 Å². The molecule has 34 heavy (non-hydrogen) atoms. The largest absolute Gasteiger partial charge is 0.484 e. The van der Waals surface area contributed by atoms with Crippen LogP contribution < -0.4 is 10.1 Å². The summed E-state index contributed by atoms with van der Waals surface area (Å²) in [5.74, 6) is 0.0980. The van der Waals surface area contributed by atoms with E-state index in [-0.39, 0.29) is 31.0 Å². The summed E-state index contributed by atoms with van der Waals surface area (Å²) in [6, 6.07) is 8.39. The van der Waals surface area contributed by atoms with Crippen LogP contribution in [0, 0.1) is 13.8 Å². The van der Waals surface area contributed by atoms with Crippen molar-refractivity contribution in [3.8, 4) is 5.75 Å². The first-order valence-electron chi connectivity index (χ1n) is 11.6. The number of carbonyl (C=O) groups is 2. The molecule has 0 radical (unpaired) electrons. The zero-order chi connectivity index (χ0) is 24.8. The van der Waals surface area contributed by atoms with Crippen molar-refractivity contribution < 1.29 is 14.3 Å². The fourth-order valence-corrected chi connectivity index (χ4v) is 4.97. The molecule has 1 atom stereocenters. The molecule has 1 aliphatic rings. The van der Waals surface area contributed by atoms with E-state index >= 15 is 0 Å². The fourth-order valence-electron chi connectivity index (χ4n) is 4.22. The van der Waals surface area contributed by atoms with Gasteiger partial charge in [0, 0.05) is 32.7 Å². The van der Waals surface area contributed by atoms with E-state index < -0.39 is 6.04 Å². The maximum absolute atomic E-state index is 13.3. The van der Waals surface area contributed by atoms with E-state index in [4.69, 9.17) is 27.9 Å². The molecule has 184 valence electrons. The number of hydrogen-bond acceptors (Lipinski definition) is 3. The molecule has 8 heteroatoms. The molecule has 1 aliphatic carbocycles. The molecule has 1 fully saturated rings. The lowest BCUT2D eigenvalue weighted by molar-refractivity contribution is -0.142. The summed E-state index contributed by atoms with van der Waals surface area (Å²) < 4.78 is 6.84. The van der Waals surface area contributed by atoms with Crippen molar-refractivity contribution in [1.29, 1.82) is 0 Å². The molecule has 2 aromatic carbocycles. The topological polar surface area (TPSA) is 58.6 Å². The van der Waals surface area contributed by atoms with Gasteiger partial charge in [-0.25, -0.2) is 0 Å². The maximum atomic E-state index is 13.3. The summed E-state index contributed by atoms with van der Waals surface area (Å²) in [5, 5.41) is 4.02. The van der Waals surface area contributed by atoms with E-state index in [0.29, 0.717) is 21.4 Å². The molecule has 0 heterocycles. The van der Waals surface area contributed by atoms with Gasteiger partial charge in [0.05, 0.1) is 0 Å². The average molecular weight is 570 g/mol. The van der Waals surface area contributed by atoms with Crippen LogP contribution >= 0.6 is 39.1 Å². The Labute approximate surface area is 220 Å². The molecule has 5 nitrogen and oxygen atoms in total. The summed E-state index contributed by atoms with van der Waals surface area (Å²) in [5.41, 5.74) is 2.64. The summed E-state index contributed by atoms with van der Waals surface area (Å²) in [6.45, 7) is 5.57. The van der Waals surface area contributed by atoms with Gasteiger partial charge in [0.1, 0.15) is 11.8 Å². The number of rotatable bonds is 8. The third-order valence-electron chi connectivity index (χ3n) is 6.28. The summed E-state index contributed by atoms with van der Waals surface area (Å²) in [6.07, 6.45) is 5.35. The predicted molar refractivity (Wildman–Crippen MR) is 141 cm³/mol. The van der Waals surface area contributed by atoms with Gasteiger partial charge in [-0.1, -0.05) is 64.5 Å². The highest BCUT2D eigenvalue weighted by molar-refractivity contribution is 9.10. The average Bonchev–Trinajstić information content (AvgIpc) is 2.81. The third kappa shape index (κ3) is 6.89. The van der Waals surface area contributed by atoms with Gasteiger partial charge in [0.2, 0.25) is 5.91 Å². The van der Waals surface area contributed by atoms with Crippen LogP contribution in [-0.4, -0.2) is 35.4 Å². The third-order valence-corrected chi connectivity index (χ3v) is 8.24. The number of ether oxygens (including phenoxy) is 1. The van der Waals surface area contributed by atoms with E-state index in [1.54, 1.807) is 25.1 Å². The number of nitrogens with one attached hydrogen (secondary N) is 1. The van der Waals surface area contributed by atoms with Crippen LogP contribution in [-0.2, 0) is 16.1 Å². The van der Waals surface area contributed by atoms with E-state index in [2.05, 4.69) is 21.2 Å². The summed E-state index contributed by atoms with van der Waals surface area (Å²) in [7, 11) is 0. The highest BCUT2D eigenvalue weighted by Gasteiger charge is 2.29. The fraction of sp³-hybridized carbons (Fsp3) is 0.462. The minimum atomic E-state index is -0.709. The molecule has 3 rings (SSSR count). The lowest BCUT2D eigenvalue weighted by atomic mass is 9.95. The van der Waals surface area contributed by atoms with E-state index in [1.165, 1.54) is 11.3 Å². The zero-order valence-electron chi connectivity index (χ0n) is 19.8. The molecule has 0 saturated heterocycles. The Morgan fingerprint density at radius 1 is 1.12 bits per heavy atom. The number of benzene rings is 2. The van der Waals surface area contributed by atoms with Crippen LogP contribution in [0.5, 0.6) is 5.75 Å². The molecule has 2 aromatic rings. The van der Waals surface area contributed by atoms with Gasteiger partial charge in [-0.3, -0.25) is 9.59 Å². The van der Waals surface area contributed by atoms with Crippen molar-refractivity contribution in [3.05, 3.63) is 61.5 Å². The lowest BCUT2D eigenvalue weighted by Gasteiger charge is -2.31. The Bertz CT molecular complexity index is 997. The number of nitrogens with zero attached hydrogens (tertiary/aromatic N) is 1. The van der Waals surface area contributed by atoms with Crippen LogP contribution in [0.3, 0.4) is 0 Å². The predicted octanol–water partition coefficient (Wildman–Crippen LogP) is 6.62. The molecule has 0 bridgehead atoms. The van der Waals surface area contributed by atoms with Gasteiger partial charge in [-0.2, -0.15) is 0 Å². The Kier molecular flexibility index (Phi) is 9.69. The standard InChI is InChI=1S/C26H31BrCl2N2O3/c1-16-12-20(13-17(2)25(16)27)34-15-24(32)31(14-21-22(28)10-7-11-23(21)29)18(3)26(33)30-19-8-5-4-6-9-19/h7,10-13,18-19H,4-6,8-9,14-15H2,1-3H3,(H,30,33)/t18-/m0/s1. The first-order valence-corrected chi connectivity index (χ1v) is 13.1. The molecular weight excluding hydrogens is 539 g/mol. The van der Waals surface area contributed by atoms with Crippen LogP contribution in [0.2, 0.25) is 10.0 Å². The second-order valence-electron chi connectivity index (χ2n) is 8.90. The van der Waals surface area contributed by atoms with Gasteiger partial charge in [-0.15, -0.1) is 0 Å². The zero-order valence-corrected chi connectivity index (χ0v) is 22.9. The van der Waals surface area contributed by atoms with Gasteiger partial charge in [-0.05, 0) is 69.0 Å². The molecule has 1 N–H and O–H groups in total. The van der Waals surface area contributed by atoms with E-state index in [0.717, 1.165) is 41.3 Å². The second kappa shape index (κ2) is 12.3. The number of halogens is 3. The molecule has 0 aromatic heterocycles. The van der Waals surface area contributed by atoms with Crippen molar-refractivity contribution in [1.82, 2.24) is 10.2 Å². The van der Waals surface area contributed by atoms with Crippen molar-refractivity contribution in [2.75, 3.05) is 6.61 Å². The molecular formula is C26H31BrCl2N2O3. The van der Waals surface area contributed by atoms with E-state index in [1.807, 2.05) is 26.0 Å². The van der Waals surface area contributed by atoms with Gasteiger partial charge >= 0.3 is 0 Å². The van der Waals surface area contributed by atoms with Crippen LogP contribution in [0.25, 0.3) is 0 Å². The SMILES string of the molecule is Cc1cc(OCC(=O)N(Cc2c(Cl)cccc2Cl)[C@@H](C)C(=O)NC2CCCCC2)cc(C)c1Br. The Hall–Kier alpha value is -1.76. The van der Waals surface area contributed by atoms with Gasteiger partial charge in [0.25, 0.3) is 5.91 Å². The lowest BCUT2D eigenvalue weighted by Crippen LogP contribution is -2.51. The number of amides is 2. The first kappa shape index (κ1) is 26.8. The highest BCUT2D eigenvalue weighted by atomic mass is 79.9. The van der Waals surface area contributed by atoms with Crippen LogP contribution in [0.15, 0.2) is 34.8 Å².